The molecule has 2 heterocycles. The number of benzene rings is 1. The number of ether oxygens (including phenoxy) is 1. The van der Waals surface area contributed by atoms with E-state index in [2.05, 4.69) is 10.1 Å². The Kier molecular flexibility index (Phi) is 4.68. The van der Waals surface area contributed by atoms with E-state index in [1.54, 1.807) is 34.3 Å². The van der Waals surface area contributed by atoms with Gasteiger partial charge in [-0.3, -0.25) is 4.79 Å². The number of rotatable bonds is 6. The molecule has 0 radical (unpaired) electrons. The molecule has 0 aliphatic rings. The van der Waals surface area contributed by atoms with Crippen LogP contribution in [0.1, 0.15) is 4.88 Å². The maximum atomic E-state index is 12.1. The summed E-state index contributed by atoms with van der Waals surface area (Å²) in [4.78, 5) is 18.9. The van der Waals surface area contributed by atoms with E-state index in [0.29, 0.717) is 12.3 Å². The van der Waals surface area contributed by atoms with Crippen LogP contribution in [0.4, 0.5) is 0 Å². The van der Waals surface area contributed by atoms with Crippen molar-refractivity contribution in [1.29, 1.82) is 0 Å². The second-order valence-corrected chi connectivity index (χ2v) is 5.99. The molecule has 0 fully saturated rings. The van der Waals surface area contributed by atoms with Crippen LogP contribution in [0.3, 0.4) is 0 Å². The molecule has 0 spiro atoms. The highest BCUT2D eigenvalue weighted by Gasteiger charge is 2.11. The third kappa shape index (κ3) is 3.95. The molecule has 3 rings (SSSR count). The average Bonchev–Trinajstić information content (AvgIpc) is 3.26. The van der Waals surface area contributed by atoms with Gasteiger partial charge in [0.2, 0.25) is 0 Å². The summed E-state index contributed by atoms with van der Waals surface area (Å²) in [5.41, 5.74) is 0.833. The highest BCUT2D eigenvalue weighted by Crippen LogP contribution is 2.16. The molecular formula is C16H16N4O2S. The minimum Gasteiger partial charge on any atom is -0.484 e. The molecule has 0 bridgehead atoms. The van der Waals surface area contributed by atoms with Gasteiger partial charge < -0.3 is 9.64 Å². The number of nitrogens with zero attached hydrogens (tertiary/aromatic N) is 4. The molecule has 23 heavy (non-hydrogen) atoms. The number of aromatic nitrogens is 3. The Balaban J connectivity index is 1.57. The molecular weight excluding hydrogens is 312 g/mol. The zero-order chi connectivity index (χ0) is 16.1. The molecule has 1 amide bonds. The van der Waals surface area contributed by atoms with E-state index in [9.17, 15) is 4.79 Å². The third-order valence-corrected chi connectivity index (χ3v) is 4.12. The monoisotopic (exact) mass is 328 g/mol. The molecule has 0 atom stereocenters. The summed E-state index contributed by atoms with van der Waals surface area (Å²) in [5, 5.41) is 6.07. The molecule has 2 aromatic heterocycles. The van der Waals surface area contributed by atoms with E-state index >= 15 is 0 Å². The van der Waals surface area contributed by atoms with Crippen LogP contribution in [0.2, 0.25) is 0 Å². The van der Waals surface area contributed by atoms with Gasteiger partial charge in [-0.15, -0.1) is 11.3 Å². The van der Waals surface area contributed by atoms with Gasteiger partial charge in [-0.2, -0.15) is 5.10 Å². The van der Waals surface area contributed by atoms with Crippen molar-refractivity contribution in [2.75, 3.05) is 13.7 Å². The van der Waals surface area contributed by atoms with Gasteiger partial charge in [-0.05, 0) is 23.6 Å². The van der Waals surface area contributed by atoms with Crippen LogP contribution in [0.15, 0.2) is 54.4 Å². The Hall–Kier alpha value is -2.67. The zero-order valence-corrected chi connectivity index (χ0v) is 13.4. The van der Waals surface area contributed by atoms with E-state index in [1.807, 2.05) is 41.8 Å². The lowest BCUT2D eigenvalue weighted by molar-refractivity contribution is -0.132. The van der Waals surface area contributed by atoms with Gasteiger partial charge in [0.05, 0.1) is 12.2 Å². The van der Waals surface area contributed by atoms with Gasteiger partial charge in [-0.25, -0.2) is 9.67 Å². The van der Waals surface area contributed by atoms with Gasteiger partial charge >= 0.3 is 0 Å². The van der Waals surface area contributed by atoms with Gasteiger partial charge in [0, 0.05) is 18.0 Å². The summed E-state index contributed by atoms with van der Waals surface area (Å²) >= 11 is 1.63. The minimum absolute atomic E-state index is 0.00266. The van der Waals surface area contributed by atoms with Crippen LogP contribution in [-0.4, -0.2) is 39.2 Å². The molecule has 1 aromatic carbocycles. The lowest BCUT2D eigenvalue weighted by Gasteiger charge is -2.16. The second-order valence-electron chi connectivity index (χ2n) is 4.96. The number of thiophene rings is 1. The van der Waals surface area contributed by atoms with Gasteiger partial charge in [-0.1, -0.05) is 12.1 Å². The van der Waals surface area contributed by atoms with E-state index < -0.39 is 0 Å². The van der Waals surface area contributed by atoms with Crippen LogP contribution in [0.25, 0.3) is 5.69 Å². The molecule has 0 saturated carbocycles. The van der Waals surface area contributed by atoms with Gasteiger partial charge in [0.25, 0.3) is 5.91 Å². The first kappa shape index (κ1) is 15.2. The minimum atomic E-state index is -0.0652. The Bertz CT molecular complexity index is 756. The average molecular weight is 328 g/mol. The molecule has 0 aliphatic heterocycles. The Morgan fingerprint density at radius 2 is 2.26 bits per heavy atom. The molecule has 0 saturated heterocycles. The van der Waals surface area contributed by atoms with E-state index in [4.69, 9.17) is 4.74 Å². The predicted octanol–water partition coefficient (Wildman–Crippen LogP) is 2.37. The summed E-state index contributed by atoms with van der Waals surface area (Å²) in [5.74, 6) is 0.556. The normalized spacial score (nSPS) is 10.5. The van der Waals surface area contributed by atoms with Crippen molar-refractivity contribution in [3.05, 3.63) is 59.3 Å². The maximum absolute atomic E-state index is 12.1. The van der Waals surface area contributed by atoms with Crippen molar-refractivity contribution in [3.63, 3.8) is 0 Å². The fourth-order valence-electron chi connectivity index (χ4n) is 2.04. The van der Waals surface area contributed by atoms with Crippen molar-refractivity contribution in [1.82, 2.24) is 19.7 Å². The Morgan fingerprint density at radius 1 is 1.35 bits per heavy atom. The Labute approximate surface area is 138 Å². The second kappa shape index (κ2) is 7.06. The number of hydrogen-bond donors (Lipinski definition) is 0. The van der Waals surface area contributed by atoms with Crippen molar-refractivity contribution in [2.45, 2.75) is 6.54 Å². The zero-order valence-electron chi connectivity index (χ0n) is 12.6. The molecule has 3 aromatic rings. The number of carbonyl (C=O) groups excluding carboxylic acids is 1. The van der Waals surface area contributed by atoms with Crippen molar-refractivity contribution < 1.29 is 9.53 Å². The van der Waals surface area contributed by atoms with E-state index in [-0.39, 0.29) is 12.5 Å². The molecule has 0 aliphatic carbocycles. The fourth-order valence-corrected chi connectivity index (χ4v) is 2.79. The largest absolute Gasteiger partial charge is 0.484 e. The van der Waals surface area contributed by atoms with Crippen LogP contribution in [0, 0.1) is 0 Å². The van der Waals surface area contributed by atoms with E-state index in [0.717, 1.165) is 10.6 Å². The van der Waals surface area contributed by atoms with Crippen LogP contribution in [-0.2, 0) is 11.3 Å². The first-order valence-electron chi connectivity index (χ1n) is 7.06. The highest BCUT2D eigenvalue weighted by molar-refractivity contribution is 7.09. The van der Waals surface area contributed by atoms with E-state index in [1.165, 1.54) is 6.33 Å². The molecule has 118 valence electrons. The van der Waals surface area contributed by atoms with Crippen molar-refractivity contribution in [2.24, 2.45) is 0 Å². The lowest BCUT2D eigenvalue weighted by atomic mass is 10.3. The molecule has 0 N–H and O–H groups in total. The predicted molar refractivity (Wildman–Crippen MR) is 87.6 cm³/mol. The summed E-state index contributed by atoms with van der Waals surface area (Å²) in [6.07, 6.45) is 3.08. The third-order valence-electron chi connectivity index (χ3n) is 3.26. The topological polar surface area (TPSA) is 60.2 Å². The fraction of sp³-hybridized carbons (Fsp3) is 0.188. The number of carbonyl (C=O) groups is 1. The number of hydrogen-bond acceptors (Lipinski definition) is 5. The van der Waals surface area contributed by atoms with Crippen molar-refractivity contribution in [3.8, 4) is 11.4 Å². The smallest absolute Gasteiger partial charge is 0.260 e. The Morgan fingerprint density at radius 3 is 3.00 bits per heavy atom. The maximum Gasteiger partial charge on any atom is 0.260 e. The summed E-state index contributed by atoms with van der Waals surface area (Å²) in [6.45, 7) is 0.599. The van der Waals surface area contributed by atoms with Crippen LogP contribution in [0.5, 0.6) is 5.75 Å². The first-order chi connectivity index (χ1) is 11.2. The number of amides is 1. The van der Waals surface area contributed by atoms with Gasteiger partial charge in [0.15, 0.2) is 6.61 Å². The first-order valence-corrected chi connectivity index (χ1v) is 7.94. The summed E-state index contributed by atoms with van der Waals surface area (Å²) in [6, 6.07) is 11.4. The van der Waals surface area contributed by atoms with Crippen LogP contribution >= 0.6 is 11.3 Å². The summed E-state index contributed by atoms with van der Waals surface area (Å²) < 4.78 is 7.23. The lowest BCUT2D eigenvalue weighted by Crippen LogP contribution is -2.30. The highest BCUT2D eigenvalue weighted by atomic mass is 32.1. The van der Waals surface area contributed by atoms with Crippen molar-refractivity contribution >= 4 is 17.2 Å². The summed E-state index contributed by atoms with van der Waals surface area (Å²) in [7, 11) is 1.78. The SMILES string of the molecule is CN(Cc1cccs1)C(=O)COc1cccc(-n2cncn2)c1. The standard InChI is InChI=1S/C16H16N4O2S/c1-19(9-15-6-3-7-23-15)16(21)10-22-14-5-2-4-13(8-14)20-12-17-11-18-20/h2-8,11-12H,9-10H2,1H3. The number of likely N-dealkylation sites (N-methyl/N-ethyl adjacent to an activating group) is 1. The quantitative estimate of drug-likeness (QED) is 0.697. The molecule has 7 heteroatoms. The molecule has 0 unspecified atom stereocenters. The molecule has 6 nitrogen and oxygen atoms in total. The van der Waals surface area contributed by atoms with Crippen LogP contribution < -0.4 is 4.74 Å². The van der Waals surface area contributed by atoms with Gasteiger partial charge in [0.1, 0.15) is 18.4 Å².